The first-order valence-electron chi connectivity index (χ1n) is 11.5. The molecule has 0 fully saturated rings. The first-order valence-corrected chi connectivity index (χ1v) is 11.5. The topological polar surface area (TPSA) is 49.7 Å². The second-order valence-corrected chi connectivity index (χ2v) is 10.4. The van der Waals surface area contributed by atoms with E-state index in [0.717, 1.165) is 57.1 Å². The molecule has 1 unspecified atom stereocenters. The van der Waals surface area contributed by atoms with Crippen molar-refractivity contribution in [3.05, 3.63) is 11.3 Å². The molecule has 0 spiro atoms. The summed E-state index contributed by atoms with van der Waals surface area (Å²) in [7, 11) is 0. The van der Waals surface area contributed by atoms with Crippen LogP contribution in [0.3, 0.4) is 0 Å². The van der Waals surface area contributed by atoms with Crippen LogP contribution in [0.25, 0.3) is 0 Å². The highest BCUT2D eigenvalue weighted by Crippen LogP contribution is 2.41. The summed E-state index contributed by atoms with van der Waals surface area (Å²) in [6, 6.07) is 0. The molecule has 0 heterocycles. The van der Waals surface area contributed by atoms with E-state index in [2.05, 4.69) is 55.4 Å². The third-order valence-electron chi connectivity index (χ3n) is 6.40. The minimum atomic E-state index is -0.177. The summed E-state index contributed by atoms with van der Waals surface area (Å²) < 4.78 is 0. The summed E-state index contributed by atoms with van der Waals surface area (Å²) in [5, 5.41) is 10.9. The minimum absolute atomic E-state index is 0.0674. The molecule has 1 aliphatic rings. The zero-order chi connectivity index (χ0) is 21.6. The number of aliphatic hydroxyl groups excluding tert-OH is 1. The maximum absolute atomic E-state index is 13.1. The van der Waals surface area contributed by atoms with E-state index < -0.39 is 0 Å². The first-order chi connectivity index (χ1) is 12.9. The van der Waals surface area contributed by atoms with E-state index in [4.69, 9.17) is 4.99 Å². The lowest BCUT2D eigenvalue weighted by Gasteiger charge is -2.35. The molecule has 1 N–H and O–H groups in total. The lowest BCUT2D eigenvalue weighted by Crippen LogP contribution is -2.34. The van der Waals surface area contributed by atoms with Crippen molar-refractivity contribution >= 4 is 11.5 Å². The number of hydrogen-bond acceptors (Lipinski definition) is 3. The number of aliphatic hydroxyl groups is 1. The molecule has 0 amide bonds. The van der Waals surface area contributed by atoms with Crippen molar-refractivity contribution in [3.8, 4) is 0 Å². The monoisotopic (exact) mass is 391 g/mol. The van der Waals surface area contributed by atoms with E-state index in [9.17, 15) is 9.90 Å². The van der Waals surface area contributed by atoms with E-state index in [1.54, 1.807) is 0 Å². The molecule has 0 radical (unpaired) electrons. The Bertz CT molecular complexity index is 594. The van der Waals surface area contributed by atoms with Gasteiger partial charge in [-0.15, -0.1) is 0 Å². The second-order valence-electron chi connectivity index (χ2n) is 10.4. The Hall–Kier alpha value is -1.12. The molecular weight excluding hydrogens is 346 g/mol. The van der Waals surface area contributed by atoms with E-state index >= 15 is 0 Å². The van der Waals surface area contributed by atoms with Crippen LogP contribution in [0.4, 0.5) is 0 Å². The van der Waals surface area contributed by atoms with Crippen LogP contribution in [0.1, 0.15) is 120 Å². The number of ketones is 1. The lowest BCUT2D eigenvalue weighted by molar-refractivity contribution is -0.118. The molecule has 1 rings (SSSR count). The van der Waals surface area contributed by atoms with Gasteiger partial charge in [0.25, 0.3) is 0 Å². The summed E-state index contributed by atoms with van der Waals surface area (Å²) >= 11 is 0. The number of aliphatic imine (C=N–C) groups is 1. The van der Waals surface area contributed by atoms with Crippen LogP contribution in [0.15, 0.2) is 16.3 Å². The molecule has 1 atom stereocenters. The van der Waals surface area contributed by atoms with Crippen molar-refractivity contribution in [1.29, 1.82) is 0 Å². The molecule has 0 saturated carbocycles. The van der Waals surface area contributed by atoms with E-state index in [1.807, 2.05) is 0 Å². The number of hydrogen-bond donors (Lipinski definition) is 1. The van der Waals surface area contributed by atoms with Gasteiger partial charge in [-0.1, -0.05) is 67.7 Å². The molecule has 3 heteroatoms. The number of carbonyl (C=O) groups excluding carboxylic acids is 1. The fourth-order valence-electron chi connectivity index (χ4n) is 4.89. The summed E-state index contributed by atoms with van der Waals surface area (Å²) in [5.74, 6) is 0.322. The van der Waals surface area contributed by atoms with Gasteiger partial charge in [-0.05, 0) is 49.9 Å². The first kappa shape index (κ1) is 24.9. The smallest absolute Gasteiger partial charge is 0.168 e. The van der Waals surface area contributed by atoms with Gasteiger partial charge in [0.05, 0.1) is 16.8 Å². The quantitative estimate of drug-likeness (QED) is 0.369. The summed E-state index contributed by atoms with van der Waals surface area (Å²) in [6.45, 7) is 17.4. The minimum Gasteiger partial charge on any atom is -0.511 e. The number of Topliss-reactive ketones (excluding diaryl/α,β-unsaturated/α-hetero) is 1. The third kappa shape index (κ3) is 6.74. The number of rotatable bonds is 11. The largest absolute Gasteiger partial charge is 0.511 e. The Kier molecular flexibility index (Phi) is 8.96. The standard InChI is InChI=1S/C25H45NO2/c1-9-13-24(7,14-10-2)16-19(26-25(8,12-4)15-11-3)22-20(27)17-23(5,6)18-21(22)28/h27H,9-18H2,1-8H3. The number of carbonyl (C=O) groups is 1. The van der Waals surface area contributed by atoms with Crippen molar-refractivity contribution < 1.29 is 9.90 Å². The van der Waals surface area contributed by atoms with Gasteiger partial charge in [-0.3, -0.25) is 9.79 Å². The SMILES string of the molecule is CCCC(C)(CCC)CC(=NC(C)(CC)CCC)C1=C(O)CC(C)(C)CC1=O. The molecule has 0 bridgehead atoms. The van der Waals surface area contributed by atoms with E-state index in [-0.39, 0.29) is 27.9 Å². The van der Waals surface area contributed by atoms with Crippen molar-refractivity contribution in [1.82, 2.24) is 0 Å². The Labute approximate surface area is 174 Å². The zero-order valence-corrected chi connectivity index (χ0v) is 19.9. The van der Waals surface area contributed by atoms with Gasteiger partial charge in [-0.25, -0.2) is 0 Å². The van der Waals surface area contributed by atoms with Crippen LogP contribution in [-0.4, -0.2) is 22.1 Å². The van der Waals surface area contributed by atoms with Crippen LogP contribution in [-0.2, 0) is 4.79 Å². The normalized spacial score (nSPS) is 20.4. The molecule has 28 heavy (non-hydrogen) atoms. The number of allylic oxidation sites excluding steroid dienone is 2. The van der Waals surface area contributed by atoms with Crippen LogP contribution < -0.4 is 0 Å². The summed E-state index contributed by atoms with van der Waals surface area (Å²) in [4.78, 5) is 18.3. The molecular formula is C25H45NO2. The Morgan fingerprint density at radius 2 is 1.54 bits per heavy atom. The van der Waals surface area contributed by atoms with Gasteiger partial charge in [0, 0.05) is 12.8 Å². The molecule has 0 saturated heterocycles. The maximum atomic E-state index is 13.1. The highest BCUT2D eigenvalue weighted by molar-refractivity contribution is 6.23. The van der Waals surface area contributed by atoms with Crippen LogP contribution in [0, 0.1) is 10.8 Å². The zero-order valence-electron chi connectivity index (χ0n) is 19.9. The van der Waals surface area contributed by atoms with E-state index in [0.29, 0.717) is 18.4 Å². The fraction of sp³-hybridized carbons (Fsp3) is 0.840. The summed E-state index contributed by atoms with van der Waals surface area (Å²) in [6.07, 6.45) is 9.30. The highest BCUT2D eigenvalue weighted by Gasteiger charge is 2.38. The molecule has 0 aliphatic heterocycles. The fourth-order valence-corrected chi connectivity index (χ4v) is 4.89. The second kappa shape index (κ2) is 10.1. The molecule has 0 aromatic rings. The average molecular weight is 392 g/mol. The average Bonchev–Trinajstić information content (AvgIpc) is 2.53. The molecule has 0 aromatic carbocycles. The van der Waals surface area contributed by atoms with Crippen LogP contribution >= 0.6 is 0 Å². The molecule has 0 aromatic heterocycles. The van der Waals surface area contributed by atoms with E-state index in [1.165, 1.54) is 0 Å². The van der Waals surface area contributed by atoms with Gasteiger partial charge in [-0.2, -0.15) is 0 Å². The van der Waals surface area contributed by atoms with Gasteiger partial charge in [0.2, 0.25) is 0 Å². The molecule has 3 nitrogen and oxygen atoms in total. The Morgan fingerprint density at radius 3 is 1.96 bits per heavy atom. The van der Waals surface area contributed by atoms with Gasteiger partial charge in [0.1, 0.15) is 5.76 Å². The number of nitrogens with zero attached hydrogens (tertiary/aromatic N) is 1. The third-order valence-corrected chi connectivity index (χ3v) is 6.40. The maximum Gasteiger partial charge on any atom is 0.168 e. The highest BCUT2D eigenvalue weighted by atomic mass is 16.3. The van der Waals surface area contributed by atoms with Gasteiger partial charge < -0.3 is 5.11 Å². The molecule has 1 aliphatic carbocycles. The Morgan fingerprint density at radius 1 is 1.00 bits per heavy atom. The predicted octanol–water partition coefficient (Wildman–Crippen LogP) is 7.59. The van der Waals surface area contributed by atoms with Crippen molar-refractivity contribution in [2.75, 3.05) is 0 Å². The van der Waals surface area contributed by atoms with Crippen LogP contribution in [0.5, 0.6) is 0 Å². The Balaban J connectivity index is 3.50. The predicted molar refractivity (Wildman–Crippen MR) is 121 cm³/mol. The molecule has 162 valence electrons. The van der Waals surface area contributed by atoms with Crippen LogP contribution in [0.2, 0.25) is 0 Å². The lowest BCUT2D eigenvalue weighted by atomic mass is 9.71. The van der Waals surface area contributed by atoms with Gasteiger partial charge in [0.15, 0.2) is 5.78 Å². The summed E-state index contributed by atoms with van der Waals surface area (Å²) in [5.41, 5.74) is 1.16. The van der Waals surface area contributed by atoms with Crippen molar-refractivity contribution in [2.45, 2.75) is 125 Å². The van der Waals surface area contributed by atoms with Crippen molar-refractivity contribution in [3.63, 3.8) is 0 Å². The van der Waals surface area contributed by atoms with Gasteiger partial charge >= 0.3 is 0 Å². The van der Waals surface area contributed by atoms with Crippen molar-refractivity contribution in [2.24, 2.45) is 15.8 Å².